The van der Waals surface area contributed by atoms with Crippen LogP contribution in [0, 0.1) is 3.57 Å². The van der Waals surface area contributed by atoms with E-state index >= 15 is 0 Å². The first-order valence-electron chi connectivity index (χ1n) is 3.29. The second kappa shape index (κ2) is 4.13. The molecule has 1 aromatic rings. The topological polar surface area (TPSA) is 37.3 Å². The molecule has 0 unspecified atom stereocenters. The molecule has 0 heterocycles. The van der Waals surface area contributed by atoms with E-state index in [1.54, 1.807) is 6.07 Å². The predicted molar refractivity (Wildman–Crippen MR) is 57.8 cm³/mol. The summed E-state index contributed by atoms with van der Waals surface area (Å²) in [5.74, 6) is -0.827. The van der Waals surface area contributed by atoms with Crippen molar-refractivity contribution in [2.75, 3.05) is 0 Å². The number of carboxylic acids is 1. The normalized spacial score (nSPS) is 9.83. The maximum absolute atomic E-state index is 10.4. The molecule has 0 saturated carbocycles. The lowest BCUT2D eigenvalue weighted by atomic mass is 10.1. The lowest BCUT2D eigenvalue weighted by Crippen LogP contribution is -2.01. The zero-order valence-corrected chi connectivity index (χ0v) is 9.17. The molecule has 0 atom stereocenters. The van der Waals surface area contributed by atoms with Crippen molar-refractivity contribution < 1.29 is 9.90 Å². The Morgan fingerprint density at radius 2 is 2.25 bits per heavy atom. The third-order valence-electron chi connectivity index (χ3n) is 1.41. The molecule has 1 N–H and O–H groups in total. The fourth-order valence-corrected chi connectivity index (χ4v) is 1.65. The minimum atomic E-state index is -0.827. The number of aliphatic carboxylic acids is 1. The van der Waals surface area contributed by atoms with E-state index in [0.29, 0.717) is 0 Å². The summed E-state index contributed by atoms with van der Waals surface area (Å²) in [6, 6.07) is 5.51. The third-order valence-corrected chi connectivity index (χ3v) is 3.27. The number of carbonyl (C=O) groups is 1. The number of rotatable bonds is 2. The van der Waals surface area contributed by atoms with Crippen molar-refractivity contribution in [3.05, 3.63) is 27.3 Å². The van der Waals surface area contributed by atoms with Crippen LogP contribution in [-0.2, 0) is 11.2 Å². The van der Waals surface area contributed by atoms with Crippen LogP contribution >= 0.6 is 35.2 Å². The maximum Gasteiger partial charge on any atom is 0.307 e. The van der Waals surface area contributed by atoms with Gasteiger partial charge in [-0.15, -0.1) is 12.6 Å². The number of benzene rings is 1. The monoisotopic (exact) mass is 294 g/mol. The Kier molecular flexibility index (Phi) is 3.39. The van der Waals surface area contributed by atoms with Gasteiger partial charge in [-0.2, -0.15) is 0 Å². The highest BCUT2D eigenvalue weighted by Gasteiger charge is 2.05. The van der Waals surface area contributed by atoms with E-state index in [1.165, 1.54) is 0 Å². The fourth-order valence-electron chi connectivity index (χ4n) is 0.866. The van der Waals surface area contributed by atoms with Crippen LogP contribution in [0.1, 0.15) is 5.56 Å². The fraction of sp³-hybridized carbons (Fsp3) is 0.125. The molecule has 64 valence electrons. The summed E-state index contributed by atoms with van der Waals surface area (Å²) in [6.07, 6.45) is 0.0374. The molecule has 0 amide bonds. The van der Waals surface area contributed by atoms with Crippen LogP contribution in [0.2, 0.25) is 0 Å². The summed E-state index contributed by atoms with van der Waals surface area (Å²) in [5, 5.41) is 8.55. The standard InChI is InChI=1S/C8H7IO2S/c9-6-3-1-2-5(8(6)12)4-7(10)11/h1-3,12H,4H2,(H,10,11). The average molecular weight is 294 g/mol. The van der Waals surface area contributed by atoms with E-state index in [0.717, 1.165) is 14.0 Å². The van der Waals surface area contributed by atoms with E-state index in [1.807, 2.05) is 12.1 Å². The van der Waals surface area contributed by atoms with E-state index in [4.69, 9.17) is 5.11 Å². The quantitative estimate of drug-likeness (QED) is 0.648. The van der Waals surface area contributed by atoms with Gasteiger partial charge in [0.25, 0.3) is 0 Å². The van der Waals surface area contributed by atoms with Gasteiger partial charge in [0.1, 0.15) is 0 Å². The molecule has 0 spiro atoms. The highest BCUT2D eigenvalue weighted by molar-refractivity contribution is 14.1. The molecular weight excluding hydrogens is 287 g/mol. The van der Waals surface area contributed by atoms with Gasteiger partial charge in [-0.3, -0.25) is 4.79 Å². The number of thiol groups is 1. The molecule has 4 heteroatoms. The summed E-state index contributed by atoms with van der Waals surface area (Å²) in [7, 11) is 0. The van der Waals surface area contributed by atoms with Crippen LogP contribution in [-0.4, -0.2) is 11.1 Å². The zero-order chi connectivity index (χ0) is 9.14. The summed E-state index contributed by atoms with van der Waals surface area (Å²) >= 11 is 6.34. The summed E-state index contributed by atoms with van der Waals surface area (Å²) < 4.78 is 0.981. The first-order valence-corrected chi connectivity index (χ1v) is 4.82. The molecule has 0 saturated heterocycles. The van der Waals surface area contributed by atoms with Gasteiger partial charge in [-0.1, -0.05) is 12.1 Å². The first kappa shape index (κ1) is 9.85. The van der Waals surface area contributed by atoms with Gasteiger partial charge < -0.3 is 5.11 Å². The van der Waals surface area contributed by atoms with Crippen LogP contribution < -0.4 is 0 Å². The highest BCUT2D eigenvalue weighted by Crippen LogP contribution is 2.20. The van der Waals surface area contributed by atoms with Crippen LogP contribution in [0.5, 0.6) is 0 Å². The van der Waals surface area contributed by atoms with Crippen LogP contribution in [0.3, 0.4) is 0 Å². The molecule has 0 aromatic heterocycles. The molecule has 1 aromatic carbocycles. The van der Waals surface area contributed by atoms with Crippen LogP contribution in [0.4, 0.5) is 0 Å². The maximum atomic E-state index is 10.4. The molecule has 0 fully saturated rings. The number of hydrogen-bond donors (Lipinski definition) is 2. The second-order valence-electron chi connectivity index (χ2n) is 2.32. The van der Waals surface area contributed by atoms with Gasteiger partial charge in [0.05, 0.1) is 6.42 Å². The van der Waals surface area contributed by atoms with Crippen molar-refractivity contribution in [3.63, 3.8) is 0 Å². The molecule has 0 aliphatic carbocycles. The third kappa shape index (κ3) is 2.38. The minimum Gasteiger partial charge on any atom is -0.481 e. The number of carboxylic acid groups (broad SMARTS) is 1. The van der Waals surface area contributed by atoms with Gasteiger partial charge in [-0.25, -0.2) is 0 Å². The van der Waals surface area contributed by atoms with Gasteiger partial charge in [0.15, 0.2) is 0 Å². The molecule has 0 radical (unpaired) electrons. The Labute approximate surface area is 89.5 Å². The van der Waals surface area contributed by atoms with Crippen LogP contribution in [0.25, 0.3) is 0 Å². The first-order chi connectivity index (χ1) is 5.61. The predicted octanol–water partition coefficient (Wildman–Crippen LogP) is 2.21. The molecule has 12 heavy (non-hydrogen) atoms. The van der Waals surface area contributed by atoms with Crippen molar-refractivity contribution in [1.29, 1.82) is 0 Å². The summed E-state index contributed by atoms with van der Waals surface area (Å²) in [4.78, 5) is 11.2. The Morgan fingerprint density at radius 1 is 1.58 bits per heavy atom. The van der Waals surface area contributed by atoms with Crippen molar-refractivity contribution >= 4 is 41.2 Å². The zero-order valence-electron chi connectivity index (χ0n) is 6.12. The van der Waals surface area contributed by atoms with Gasteiger partial charge in [-0.05, 0) is 34.2 Å². The average Bonchev–Trinajstić information content (AvgIpc) is 1.98. The molecule has 1 rings (SSSR count). The molecule has 0 bridgehead atoms. The molecule has 2 nitrogen and oxygen atoms in total. The van der Waals surface area contributed by atoms with Crippen molar-refractivity contribution in [1.82, 2.24) is 0 Å². The molecule has 0 aliphatic rings. The Morgan fingerprint density at radius 3 is 2.83 bits per heavy atom. The lowest BCUT2D eigenvalue weighted by molar-refractivity contribution is -0.136. The summed E-state index contributed by atoms with van der Waals surface area (Å²) in [5.41, 5.74) is 0.762. The smallest absolute Gasteiger partial charge is 0.307 e. The second-order valence-corrected chi connectivity index (χ2v) is 3.93. The lowest BCUT2D eigenvalue weighted by Gasteiger charge is -2.02. The van der Waals surface area contributed by atoms with Gasteiger partial charge >= 0.3 is 5.97 Å². The van der Waals surface area contributed by atoms with Gasteiger partial charge in [0, 0.05) is 8.47 Å². The molecular formula is C8H7IO2S. The van der Waals surface area contributed by atoms with Crippen molar-refractivity contribution in [2.45, 2.75) is 11.3 Å². The van der Waals surface area contributed by atoms with E-state index in [-0.39, 0.29) is 6.42 Å². The SMILES string of the molecule is O=C(O)Cc1cccc(I)c1S. The van der Waals surface area contributed by atoms with Crippen LogP contribution in [0.15, 0.2) is 23.1 Å². The van der Waals surface area contributed by atoms with E-state index < -0.39 is 5.97 Å². The van der Waals surface area contributed by atoms with Gasteiger partial charge in [0.2, 0.25) is 0 Å². The Balaban J connectivity index is 3.00. The van der Waals surface area contributed by atoms with E-state index in [9.17, 15) is 4.79 Å². The minimum absolute atomic E-state index is 0.0374. The molecule has 0 aliphatic heterocycles. The van der Waals surface area contributed by atoms with Crippen molar-refractivity contribution in [3.8, 4) is 0 Å². The highest BCUT2D eigenvalue weighted by atomic mass is 127. The Bertz CT molecular complexity index is 312. The summed E-state index contributed by atoms with van der Waals surface area (Å²) in [6.45, 7) is 0. The number of halogens is 1. The van der Waals surface area contributed by atoms with Crippen molar-refractivity contribution in [2.24, 2.45) is 0 Å². The number of hydrogen-bond acceptors (Lipinski definition) is 2. The van der Waals surface area contributed by atoms with E-state index in [2.05, 4.69) is 35.2 Å². The Hall–Kier alpha value is -0.230. The largest absolute Gasteiger partial charge is 0.481 e.